The molecule has 12 heteroatoms. The van der Waals surface area contributed by atoms with Crippen molar-refractivity contribution < 1.29 is 14.3 Å². The van der Waals surface area contributed by atoms with Crippen LogP contribution in [-0.4, -0.2) is 114 Å². The highest BCUT2D eigenvalue weighted by Crippen LogP contribution is 2.32. The lowest BCUT2D eigenvalue weighted by Gasteiger charge is -2.44. The first-order valence-electron chi connectivity index (χ1n) is 16.7. The SMILES string of the molecule is CN1CCC(N2CCN(C(=O)[C@@H](Cc3ccc(Cl)c(Cl)c3)OC(=O)N3CCC(C4CCc5ccccc5NN4[O-])CC3)CC2)CC1. The Labute approximate surface area is 282 Å². The van der Waals surface area contributed by atoms with Gasteiger partial charge in [-0.15, -0.1) is 0 Å². The Morgan fingerprint density at radius 1 is 0.891 bits per heavy atom. The van der Waals surface area contributed by atoms with E-state index in [-0.39, 0.29) is 24.3 Å². The summed E-state index contributed by atoms with van der Waals surface area (Å²) in [6.07, 6.45) is 4.03. The fraction of sp³-hybridized carbons (Fsp3) is 0.588. The predicted octanol–water partition coefficient (Wildman–Crippen LogP) is 5.13. The summed E-state index contributed by atoms with van der Waals surface area (Å²) in [5.74, 6) is -0.0266. The lowest BCUT2D eigenvalue weighted by Crippen LogP contribution is -2.56. The standard InChI is InChI=1S/C34H45Cl2N6O4/c1-38-14-12-27(13-15-38)39-18-20-40(21-19-39)33(43)32(23-24-6-8-28(35)29(36)22-24)46-34(44)41-16-10-26(11-17-41)31-9-7-25-4-2-3-5-30(25)37-42(31)45/h2-6,8,22,26-27,31-32,37H,7,9-21,23H2,1H3/q-1/t31?,32-/m1/s1. The van der Waals surface area contributed by atoms with Crippen LogP contribution in [0.5, 0.6) is 0 Å². The molecule has 0 aliphatic carbocycles. The van der Waals surface area contributed by atoms with Crippen LogP contribution in [-0.2, 0) is 22.4 Å². The van der Waals surface area contributed by atoms with Crippen LogP contribution < -0.4 is 5.43 Å². The Kier molecular flexibility index (Phi) is 10.9. The van der Waals surface area contributed by atoms with Gasteiger partial charge in [-0.1, -0.05) is 47.5 Å². The number of amides is 2. The summed E-state index contributed by atoms with van der Waals surface area (Å²) in [6.45, 7) is 6.01. The van der Waals surface area contributed by atoms with Crippen molar-refractivity contribution >= 4 is 40.9 Å². The van der Waals surface area contributed by atoms with Crippen molar-refractivity contribution in [1.29, 1.82) is 0 Å². The van der Waals surface area contributed by atoms with Crippen molar-refractivity contribution in [2.45, 2.75) is 63.1 Å². The first-order valence-corrected chi connectivity index (χ1v) is 17.4. The third kappa shape index (κ3) is 7.91. The van der Waals surface area contributed by atoms with Crippen LogP contribution in [0.3, 0.4) is 0 Å². The minimum Gasteiger partial charge on any atom is -0.767 e. The van der Waals surface area contributed by atoms with E-state index in [9.17, 15) is 14.8 Å². The van der Waals surface area contributed by atoms with Gasteiger partial charge in [0.15, 0.2) is 6.10 Å². The molecule has 1 unspecified atom stereocenters. The minimum atomic E-state index is -0.973. The van der Waals surface area contributed by atoms with Crippen LogP contribution in [0.25, 0.3) is 0 Å². The molecule has 2 amide bonds. The zero-order chi connectivity index (χ0) is 32.2. The lowest BCUT2D eigenvalue weighted by molar-refractivity contribution is -0.143. The van der Waals surface area contributed by atoms with Crippen LogP contribution in [0.15, 0.2) is 42.5 Å². The number of likely N-dealkylation sites (tertiary alicyclic amines) is 2. The number of benzene rings is 2. The van der Waals surface area contributed by atoms with Gasteiger partial charge in [0.1, 0.15) is 0 Å². The molecule has 2 aromatic carbocycles. The zero-order valence-electron chi connectivity index (χ0n) is 26.6. The van der Waals surface area contributed by atoms with E-state index < -0.39 is 12.2 Å². The van der Waals surface area contributed by atoms with Crippen LogP contribution >= 0.6 is 23.2 Å². The fourth-order valence-electron chi connectivity index (χ4n) is 7.49. The Morgan fingerprint density at radius 2 is 1.61 bits per heavy atom. The minimum absolute atomic E-state index is 0.151. The van der Waals surface area contributed by atoms with E-state index in [4.69, 9.17) is 27.9 Å². The second-order valence-corrected chi connectivity index (χ2v) is 14.1. The molecule has 0 spiro atoms. The van der Waals surface area contributed by atoms with Crippen molar-refractivity contribution in [2.75, 3.05) is 64.8 Å². The number of nitrogens with one attached hydrogen (secondary N) is 1. The molecule has 0 bridgehead atoms. The molecule has 2 aromatic rings. The van der Waals surface area contributed by atoms with Crippen LogP contribution in [0.4, 0.5) is 10.5 Å². The van der Waals surface area contributed by atoms with E-state index in [1.165, 1.54) is 0 Å². The van der Waals surface area contributed by atoms with Crippen molar-refractivity contribution in [3.8, 4) is 0 Å². The molecule has 46 heavy (non-hydrogen) atoms. The van der Waals surface area contributed by atoms with Gasteiger partial charge in [-0.2, -0.15) is 0 Å². The topological polar surface area (TPSA) is 94.7 Å². The Hall–Kier alpha value is -2.60. The van der Waals surface area contributed by atoms with Crippen LogP contribution in [0.1, 0.15) is 43.2 Å². The molecule has 0 saturated carbocycles. The molecule has 10 nitrogen and oxygen atoms in total. The highest BCUT2D eigenvalue weighted by molar-refractivity contribution is 6.42. The molecule has 0 radical (unpaired) electrons. The maximum absolute atomic E-state index is 13.9. The van der Waals surface area contributed by atoms with Gasteiger partial charge in [-0.25, -0.2) is 4.79 Å². The van der Waals surface area contributed by atoms with Gasteiger partial charge in [0, 0.05) is 57.8 Å². The van der Waals surface area contributed by atoms with Crippen molar-refractivity contribution in [1.82, 2.24) is 24.8 Å². The summed E-state index contributed by atoms with van der Waals surface area (Å²) in [4.78, 5) is 35.8. The highest BCUT2D eigenvalue weighted by Gasteiger charge is 2.36. The number of nitrogens with zero attached hydrogens (tertiary/aromatic N) is 5. The molecular formula is C34H45Cl2N6O4-. The molecular weight excluding hydrogens is 627 g/mol. The average molecular weight is 673 g/mol. The molecule has 6 rings (SSSR count). The number of fused-ring (bicyclic) bond motifs is 1. The number of hydrogen-bond donors (Lipinski definition) is 1. The monoisotopic (exact) mass is 671 g/mol. The van der Waals surface area contributed by atoms with E-state index in [1.54, 1.807) is 17.0 Å². The summed E-state index contributed by atoms with van der Waals surface area (Å²) < 4.78 is 6.01. The van der Waals surface area contributed by atoms with Gasteiger partial charge < -0.3 is 30.1 Å². The molecule has 0 aromatic heterocycles. The largest absolute Gasteiger partial charge is 0.767 e. The molecule has 3 saturated heterocycles. The summed E-state index contributed by atoms with van der Waals surface area (Å²) in [5.41, 5.74) is 5.82. The first-order chi connectivity index (χ1) is 22.2. The number of rotatable bonds is 6. The number of aryl methyl sites for hydroxylation is 1. The fourth-order valence-corrected chi connectivity index (χ4v) is 7.81. The maximum Gasteiger partial charge on any atom is 0.410 e. The van der Waals surface area contributed by atoms with Gasteiger partial charge in [0.05, 0.1) is 15.7 Å². The second kappa shape index (κ2) is 15.1. The number of anilines is 1. The molecule has 4 aliphatic rings. The normalized spacial score (nSPS) is 23.3. The number of ether oxygens (including phenoxy) is 1. The molecule has 4 aliphatic heterocycles. The maximum atomic E-state index is 13.9. The van der Waals surface area contributed by atoms with E-state index >= 15 is 0 Å². The number of hydroxylamine groups is 1. The zero-order valence-corrected chi connectivity index (χ0v) is 28.1. The van der Waals surface area contributed by atoms with Crippen LogP contribution in [0, 0.1) is 11.1 Å². The van der Waals surface area contributed by atoms with Crippen molar-refractivity contribution in [3.05, 3.63) is 68.8 Å². The summed E-state index contributed by atoms with van der Waals surface area (Å²) in [6, 6.07) is 13.6. The molecule has 3 fully saturated rings. The second-order valence-electron chi connectivity index (χ2n) is 13.2. The van der Waals surface area contributed by atoms with Crippen molar-refractivity contribution in [3.63, 3.8) is 0 Å². The molecule has 2 atom stereocenters. The number of halogens is 2. The predicted molar refractivity (Wildman–Crippen MR) is 181 cm³/mol. The number of carbonyl (C=O) groups is 2. The Morgan fingerprint density at radius 3 is 2.33 bits per heavy atom. The van der Waals surface area contributed by atoms with E-state index in [0.717, 1.165) is 73.8 Å². The first kappa shape index (κ1) is 33.3. The highest BCUT2D eigenvalue weighted by atomic mass is 35.5. The van der Waals surface area contributed by atoms with Gasteiger partial charge >= 0.3 is 6.09 Å². The number of piperazine rings is 1. The summed E-state index contributed by atoms with van der Waals surface area (Å²) in [7, 11) is 2.17. The van der Waals surface area contributed by atoms with Gasteiger partial charge in [-0.05, 0) is 93.9 Å². The molecule has 1 N–H and O–H groups in total. The Bertz CT molecular complexity index is 1360. The summed E-state index contributed by atoms with van der Waals surface area (Å²) in [5, 5.41) is 14.9. The van der Waals surface area contributed by atoms with Gasteiger partial charge in [0.2, 0.25) is 0 Å². The lowest BCUT2D eigenvalue weighted by atomic mass is 9.86. The van der Waals surface area contributed by atoms with E-state index in [1.807, 2.05) is 29.2 Å². The molecule has 4 heterocycles. The quantitative estimate of drug-likeness (QED) is 0.452. The number of piperidine rings is 2. The van der Waals surface area contributed by atoms with Crippen LogP contribution in [0.2, 0.25) is 10.0 Å². The average Bonchev–Trinajstić information content (AvgIpc) is 3.24. The van der Waals surface area contributed by atoms with Gasteiger partial charge in [-0.3, -0.25) is 14.9 Å². The number of hydrazine groups is 1. The number of hydrogen-bond acceptors (Lipinski definition) is 8. The Balaban J connectivity index is 1.06. The third-order valence-corrected chi connectivity index (χ3v) is 11.1. The van der Waals surface area contributed by atoms with E-state index in [2.05, 4.69) is 28.3 Å². The van der Waals surface area contributed by atoms with E-state index in [0.29, 0.717) is 55.1 Å². The van der Waals surface area contributed by atoms with Gasteiger partial charge in [0.25, 0.3) is 5.91 Å². The third-order valence-electron chi connectivity index (χ3n) is 10.4. The summed E-state index contributed by atoms with van der Waals surface area (Å²) >= 11 is 12.4. The number of carbonyl (C=O) groups excluding carboxylic acids is 2. The molecule has 250 valence electrons. The van der Waals surface area contributed by atoms with Crippen molar-refractivity contribution in [2.24, 2.45) is 5.92 Å². The smallest absolute Gasteiger partial charge is 0.410 e. The number of para-hydroxylation sites is 1.